The molecule has 1 atom stereocenters. The summed E-state index contributed by atoms with van der Waals surface area (Å²) < 4.78 is 1.87. The lowest BCUT2D eigenvalue weighted by Crippen LogP contribution is -2.31. The van der Waals surface area contributed by atoms with Gasteiger partial charge < -0.3 is 16.0 Å². The van der Waals surface area contributed by atoms with E-state index in [0.717, 1.165) is 54.4 Å². The van der Waals surface area contributed by atoms with E-state index in [-0.39, 0.29) is 23.7 Å². The minimum absolute atomic E-state index is 0.00955. The maximum Gasteiger partial charge on any atom is 0.326 e. The molecule has 0 radical (unpaired) electrons. The second-order valence-corrected chi connectivity index (χ2v) is 8.35. The molecule has 1 aromatic heterocycles. The molecular weight excluding hydrogens is 364 g/mol. The van der Waals surface area contributed by atoms with Gasteiger partial charge in [-0.1, -0.05) is 18.9 Å². The first kappa shape index (κ1) is 18.0. The van der Waals surface area contributed by atoms with Crippen molar-refractivity contribution >= 4 is 22.6 Å². The second-order valence-electron chi connectivity index (χ2n) is 8.35. The zero-order valence-electron chi connectivity index (χ0n) is 16.4. The minimum atomic E-state index is -0.115. The Morgan fingerprint density at radius 1 is 1.07 bits per heavy atom. The summed E-state index contributed by atoms with van der Waals surface area (Å²) in [5, 5.41) is 3.17. The molecule has 150 valence electrons. The number of rotatable bonds is 3. The predicted molar refractivity (Wildman–Crippen MR) is 114 cm³/mol. The number of hydrogen-bond acceptors (Lipinski definition) is 3. The molecule has 29 heavy (non-hydrogen) atoms. The van der Waals surface area contributed by atoms with Crippen molar-refractivity contribution in [2.45, 2.75) is 57.0 Å². The van der Waals surface area contributed by atoms with Gasteiger partial charge >= 0.3 is 5.69 Å². The number of aromatic amines is 1. The van der Waals surface area contributed by atoms with E-state index in [0.29, 0.717) is 5.56 Å². The van der Waals surface area contributed by atoms with Gasteiger partial charge in [0.25, 0.3) is 5.91 Å². The topological polar surface area (TPSA) is 92.9 Å². The van der Waals surface area contributed by atoms with Crippen LogP contribution >= 0.6 is 0 Å². The molecule has 6 heteroatoms. The first-order chi connectivity index (χ1) is 14.1. The number of hydrogen-bond donors (Lipinski definition) is 3. The summed E-state index contributed by atoms with van der Waals surface area (Å²) in [6, 6.07) is 11.7. The highest BCUT2D eigenvalue weighted by Gasteiger charge is 2.24. The van der Waals surface area contributed by atoms with Crippen molar-refractivity contribution in [3.63, 3.8) is 0 Å². The van der Waals surface area contributed by atoms with Crippen molar-refractivity contribution in [1.29, 1.82) is 0 Å². The van der Waals surface area contributed by atoms with Crippen molar-refractivity contribution < 1.29 is 4.79 Å². The zero-order valence-corrected chi connectivity index (χ0v) is 16.4. The molecule has 0 bridgehead atoms. The van der Waals surface area contributed by atoms with Crippen LogP contribution in [0.4, 0.5) is 5.69 Å². The van der Waals surface area contributed by atoms with E-state index in [9.17, 15) is 9.59 Å². The van der Waals surface area contributed by atoms with Crippen molar-refractivity contribution in [2.75, 3.05) is 5.73 Å². The van der Waals surface area contributed by atoms with E-state index >= 15 is 0 Å². The summed E-state index contributed by atoms with van der Waals surface area (Å²) in [4.78, 5) is 28.4. The Balaban J connectivity index is 1.42. The Kier molecular flexibility index (Phi) is 4.42. The molecule has 4 N–H and O–H groups in total. The molecular formula is C23H26N4O2. The lowest BCUT2D eigenvalue weighted by molar-refractivity contribution is 0.0933. The van der Waals surface area contributed by atoms with Gasteiger partial charge in [0.05, 0.1) is 17.1 Å². The van der Waals surface area contributed by atoms with Gasteiger partial charge in [0.15, 0.2) is 0 Å². The van der Waals surface area contributed by atoms with Gasteiger partial charge in [0, 0.05) is 17.3 Å². The maximum atomic E-state index is 12.9. The van der Waals surface area contributed by atoms with Gasteiger partial charge in [-0.05, 0) is 73.6 Å². The third-order valence-electron chi connectivity index (χ3n) is 6.46. The normalized spacial score (nSPS) is 19.4. The Hall–Kier alpha value is -3.02. The minimum Gasteiger partial charge on any atom is -0.399 e. The molecule has 1 amide bonds. The molecule has 0 saturated heterocycles. The van der Waals surface area contributed by atoms with Crippen molar-refractivity contribution in [1.82, 2.24) is 14.9 Å². The number of aromatic nitrogens is 2. The smallest absolute Gasteiger partial charge is 0.326 e. The first-order valence-corrected chi connectivity index (χ1v) is 10.5. The summed E-state index contributed by atoms with van der Waals surface area (Å²) in [5.41, 5.74) is 11.1. The highest BCUT2D eigenvalue weighted by Crippen LogP contribution is 2.32. The van der Waals surface area contributed by atoms with Crippen LogP contribution in [0.15, 0.2) is 41.2 Å². The maximum absolute atomic E-state index is 12.9. The average Bonchev–Trinajstić information content (AvgIpc) is 3.33. The monoisotopic (exact) mass is 390 g/mol. The zero-order chi connectivity index (χ0) is 20.0. The van der Waals surface area contributed by atoms with Crippen LogP contribution < -0.4 is 16.7 Å². The molecule has 1 unspecified atom stereocenters. The summed E-state index contributed by atoms with van der Waals surface area (Å²) in [7, 11) is 0. The standard InChI is InChI=1S/C23H26N4O2/c24-16-9-10-18-14(12-16)4-3-7-19(18)25-22(28)15-8-11-21-20(13-15)26-23(29)27(21)17-5-1-2-6-17/h8-13,17,19H,1-7,24H2,(H,25,28)(H,26,29). The Morgan fingerprint density at radius 3 is 2.72 bits per heavy atom. The van der Waals surface area contributed by atoms with E-state index < -0.39 is 0 Å². The molecule has 2 aliphatic carbocycles. The SMILES string of the molecule is Nc1ccc2c(c1)CCCC2NC(=O)c1ccc2c(c1)[nH]c(=O)n2C1CCCC1. The molecule has 0 spiro atoms. The molecule has 3 aromatic rings. The van der Waals surface area contributed by atoms with Crippen LogP contribution in [0.3, 0.4) is 0 Å². The molecule has 1 fully saturated rings. The highest BCUT2D eigenvalue weighted by molar-refractivity contribution is 5.97. The number of carbonyl (C=O) groups is 1. The number of carbonyl (C=O) groups excluding carboxylic acids is 1. The van der Waals surface area contributed by atoms with Crippen LogP contribution in [0.1, 0.15) is 72.1 Å². The van der Waals surface area contributed by atoms with Crippen molar-refractivity contribution in [3.05, 3.63) is 63.6 Å². The second kappa shape index (κ2) is 7.10. The molecule has 2 aliphatic rings. The van der Waals surface area contributed by atoms with Crippen LogP contribution in [-0.2, 0) is 6.42 Å². The Labute approximate surface area is 169 Å². The van der Waals surface area contributed by atoms with Crippen LogP contribution in [0, 0.1) is 0 Å². The first-order valence-electron chi connectivity index (χ1n) is 10.5. The molecule has 1 saturated carbocycles. The number of nitrogens with zero attached hydrogens (tertiary/aromatic N) is 1. The number of fused-ring (bicyclic) bond motifs is 2. The van der Waals surface area contributed by atoms with Gasteiger partial charge in [-0.3, -0.25) is 9.36 Å². The summed E-state index contributed by atoms with van der Waals surface area (Å²) in [6.45, 7) is 0. The number of benzene rings is 2. The number of amides is 1. The van der Waals surface area contributed by atoms with Crippen LogP contribution in [0.5, 0.6) is 0 Å². The fraction of sp³-hybridized carbons (Fsp3) is 0.391. The van der Waals surface area contributed by atoms with Gasteiger partial charge in [0.1, 0.15) is 0 Å². The number of aryl methyl sites for hydroxylation is 1. The van der Waals surface area contributed by atoms with Crippen LogP contribution in [0.25, 0.3) is 11.0 Å². The fourth-order valence-electron chi connectivity index (χ4n) is 5.02. The molecule has 2 aromatic carbocycles. The van der Waals surface area contributed by atoms with E-state index in [2.05, 4.69) is 10.3 Å². The fourth-order valence-corrected chi connectivity index (χ4v) is 5.02. The molecule has 5 rings (SSSR count). The van der Waals surface area contributed by atoms with Gasteiger partial charge in [-0.25, -0.2) is 4.79 Å². The summed E-state index contributed by atoms with van der Waals surface area (Å²) in [5.74, 6) is -0.115. The quantitative estimate of drug-likeness (QED) is 0.593. The number of nitrogens with one attached hydrogen (secondary N) is 2. The van der Waals surface area contributed by atoms with Crippen molar-refractivity contribution in [3.8, 4) is 0 Å². The molecule has 6 nitrogen and oxygen atoms in total. The third-order valence-corrected chi connectivity index (χ3v) is 6.46. The highest BCUT2D eigenvalue weighted by atomic mass is 16.2. The number of nitrogens with two attached hydrogens (primary N) is 1. The average molecular weight is 390 g/mol. The van der Waals surface area contributed by atoms with Gasteiger partial charge in [0.2, 0.25) is 0 Å². The Morgan fingerprint density at radius 2 is 1.90 bits per heavy atom. The summed E-state index contributed by atoms with van der Waals surface area (Å²) >= 11 is 0. The van der Waals surface area contributed by atoms with E-state index in [1.54, 1.807) is 6.07 Å². The van der Waals surface area contributed by atoms with Gasteiger partial charge in [-0.2, -0.15) is 0 Å². The van der Waals surface area contributed by atoms with Crippen LogP contribution in [0.2, 0.25) is 0 Å². The predicted octanol–water partition coefficient (Wildman–Crippen LogP) is 3.83. The largest absolute Gasteiger partial charge is 0.399 e. The van der Waals surface area contributed by atoms with Crippen molar-refractivity contribution in [2.24, 2.45) is 0 Å². The summed E-state index contributed by atoms with van der Waals surface area (Å²) in [6.07, 6.45) is 7.35. The lowest BCUT2D eigenvalue weighted by Gasteiger charge is -2.26. The number of nitrogen functional groups attached to an aromatic ring is 1. The number of imidazole rings is 1. The van der Waals surface area contributed by atoms with Crippen LogP contribution in [-0.4, -0.2) is 15.5 Å². The number of anilines is 1. The molecule has 0 aliphatic heterocycles. The molecule has 1 heterocycles. The lowest BCUT2D eigenvalue weighted by atomic mass is 9.87. The third kappa shape index (κ3) is 3.22. The van der Waals surface area contributed by atoms with Gasteiger partial charge in [-0.15, -0.1) is 0 Å². The Bertz CT molecular complexity index is 1140. The number of H-pyrrole nitrogens is 1. The van der Waals surface area contributed by atoms with E-state index in [1.807, 2.05) is 34.9 Å². The van der Waals surface area contributed by atoms with E-state index in [4.69, 9.17) is 5.73 Å². The van der Waals surface area contributed by atoms with E-state index in [1.165, 1.54) is 18.4 Å².